The van der Waals surface area contributed by atoms with Crippen LogP contribution in [0, 0.1) is 17.1 Å². The molecule has 0 aliphatic carbocycles. The van der Waals surface area contributed by atoms with E-state index in [0.717, 1.165) is 6.20 Å². The molecule has 33 heavy (non-hydrogen) atoms. The van der Waals surface area contributed by atoms with E-state index in [0.29, 0.717) is 17.1 Å². The smallest absolute Gasteiger partial charge is 0.238 e. The number of ether oxygens (including phenoxy) is 1. The number of amides is 1. The number of aromatic nitrogens is 2. The second-order valence-corrected chi connectivity index (χ2v) is 8.07. The molecule has 2 aromatic carbocycles. The van der Waals surface area contributed by atoms with Crippen molar-refractivity contribution in [2.75, 3.05) is 23.1 Å². The highest BCUT2D eigenvalue weighted by Crippen LogP contribution is 2.30. The fourth-order valence-electron chi connectivity index (χ4n) is 2.67. The number of carbonyl (C=O) groups is 1. The first-order valence-corrected chi connectivity index (χ1v) is 10.8. The summed E-state index contributed by atoms with van der Waals surface area (Å²) in [5.74, 6) is -1.14. The molecule has 0 aliphatic rings. The Hall–Kier alpha value is -4.28. The third-order valence-electron chi connectivity index (χ3n) is 4.14. The summed E-state index contributed by atoms with van der Waals surface area (Å²) in [6.45, 7) is 0. The van der Waals surface area contributed by atoms with E-state index in [1.54, 1.807) is 18.2 Å². The number of nitrogens with zero attached hydrogens (tertiary/aromatic N) is 3. The van der Waals surface area contributed by atoms with Crippen LogP contribution in [0.1, 0.15) is 6.42 Å². The van der Waals surface area contributed by atoms with Gasteiger partial charge in [0.1, 0.15) is 12.2 Å². The molecule has 0 aliphatic heterocycles. The fourth-order valence-corrected chi connectivity index (χ4v) is 3.23. The molecule has 1 amide bonds. The minimum atomic E-state index is -3.90. The molecule has 3 rings (SSSR count). The number of nitrogens with two attached hydrogens (primary N) is 1. The highest BCUT2D eigenvalue weighted by molar-refractivity contribution is 7.89. The molecule has 0 atom stereocenters. The van der Waals surface area contributed by atoms with Crippen molar-refractivity contribution in [1.29, 1.82) is 5.26 Å². The van der Waals surface area contributed by atoms with Crippen LogP contribution in [0.15, 0.2) is 53.6 Å². The van der Waals surface area contributed by atoms with Crippen molar-refractivity contribution >= 4 is 44.8 Å². The predicted octanol–water partition coefficient (Wildman–Crippen LogP) is 2.61. The fraction of sp³-hybridized carbons (Fsp3) is 0.100. The molecule has 11 nitrogen and oxygen atoms in total. The number of primary sulfonamides is 1. The van der Waals surface area contributed by atoms with Crippen LogP contribution in [0.2, 0.25) is 0 Å². The summed E-state index contributed by atoms with van der Waals surface area (Å²) in [5, 5.41) is 21.8. The molecule has 0 spiro atoms. The SMILES string of the molecule is COc1cc(Nc2nc(Nc3cccc(S(N)(=O)=O)c3)ncc2F)ccc1NC(=O)CC#N. The van der Waals surface area contributed by atoms with Crippen LogP contribution in [0.25, 0.3) is 0 Å². The van der Waals surface area contributed by atoms with E-state index in [-0.39, 0.29) is 28.8 Å². The number of hydrogen-bond donors (Lipinski definition) is 4. The number of nitrogens with one attached hydrogen (secondary N) is 3. The van der Waals surface area contributed by atoms with Crippen molar-refractivity contribution in [3.63, 3.8) is 0 Å². The Morgan fingerprint density at radius 1 is 1.21 bits per heavy atom. The molecule has 3 aromatic rings. The first-order chi connectivity index (χ1) is 15.7. The summed E-state index contributed by atoms with van der Waals surface area (Å²) in [6.07, 6.45) is 0.625. The zero-order valence-corrected chi connectivity index (χ0v) is 18.0. The molecule has 0 bridgehead atoms. The van der Waals surface area contributed by atoms with Crippen molar-refractivity contribution in [2.24, 2.45) is 5.14 Å². The second kappa shape index (κ2) is 9.90. The first-order valence-electron chi connectivity index (χ1n) is 9.24. The second-order valence-electron chi connectivity index (χ2n) is 6.51. The van der Waals surface area contributed by atoms with Gasteiger partial charge in [-0.2, -0.15) is 10.2 Å². The number of rotatable bonds is 8. The van der Waals surface area contributed by atoms with Crippen molar-refractivity contribution in [2.45, 2.75) is 11.3 Å². The van der Waals surface area contributed by atoms with E-state index in [1.165, 1.54) is 37.4 Å². The van der Waals surface area contributed by atoms with E-state index in [4.69, 9.17) is 15.1 Å². The molecule has 13 heteroatoms. The van der Waals surface area contributed by atoms with Crippen molar-refractivity contribution in [3.05, 3.63) is 54.5 Å². The number of sulfonamides is 1. The first kappa shape index (κ1) is 23.4. The molecule has 1 aromatic heterocycles. The number of carbonyl (C=O) groups excluding carboxylic acids is 1. The molecule has 0 saturated heterocycles. The van der Waals surface area contributed by atoms with Crippen LogP contribution in [-0.2, 0) is 14.8 Å². The number of hydrogen-bond acceptors (Lipinski definition) is 9. The van der Waals surface area contributed by atoms with E-state index < -0.39 is 21.7 Å². The summed E-state index contributed by atoms with van der Waals surface area (Å²) in [4.78, 5) is 19.5. The standard InChI is InChI=1S/C20H18FN7O4S/c1-32-17-10-13(5-6-16(17)27-18(29)7-8-22)25-19-15(21)11-24-20(28-19)26-12-3-2-4-14(9-12)33(23,30)31/h2-6,9-11H,7H2,1H3,(H,27,29)(H2,23,30,31)(H2,24,25,26,28). The van der Waals surface area contributed by atoms with Gasteiger partial charge >= 0.3 is 0 Å². The molecule has 0 unspecified atom stereocenters. The van der Waals surface area contributed by atoms with Crippen LogP contribution in [0.3, 0.4) is 0 Å². The van der Waals surface area contributed by atoms with Gasteiger partial charge in [-0.05, 0) is 30.3 Å². The van der Waals surface area contributed by atoms with Gasteiger partial charge in [0.15, 0.2) is 11.6 Å². The Bertz CT molecular complexity index is 1340. The lowest BCUT2D eigenvalue weighted by atomic mass is 10.2. The van der Waals surface area contributed by atoms with Gasteiger partial charge in [0.2, 0.25) is 21.9 Å². The molecule has 1 heterocycles. The number of methoxy groups -OCH3 is 1. The Labute approximate surface area is 188 Å². The van der Waals surface area contributed by atoms with Crippen molar-refractivity contribution < 1.29 is 22.3 Å². The Kier molecular flexibility index (Phi) is 7.01. The quantitative estimate of drug-likeness (QED) is 0.385. The largest absolute Gasteiger partial charge is 0.494 e. The monoisotopic (exact) mass is 471 g/mol. The molecule has 0 radical (unpaired) electrons. The Morgan fingerprint density at radius 2 is 1.97 bits per heavy atom. The third-order valence-corrected chi connectivity index (χ3v) is 5.05. The highest BCUT2D eigenvalue weighted by atomic mass is 32.2. The summed E-state index contributed by atoms with van der Waals surface area (Å²) >= 11 is 0. The van der Waals surface area contributed by atoms with Crippen LogP contribution in [0.5, 0.6) is 5.75 Å². The van der Waals surface area contributed by atoms with E-state index in [2.05, 4.69) is 25.9 Å². The molecule has 0 saturated carbocycles. The van der Waals surface area contributed by atoms with Gasteiger partial charge in [-0.15, -0.1) is 0 Å². The van der Waals surface area contributed by atoms with Gasteiger partial charge in [-0.25, -0.2) is 22.9 Å². The topological polar surface area (TPSA) is 172 Å². The highest BCUT2D eigenvalue weighted by Gasteiger charge is 2.13. The van der Waals surface area contributed by atoms with E-state index in [9.17, 15) is 17.6 Å². The normalized spacial score (nSPS) is 10.7. The van der Waals surface area contributed by atoms with Gasteiger partial charge < -0.3 is 20.7 Å². The average molecular weight is 471 g/mol. The molecular weight excluding hydrogens is 453 g/mol. The molecule has 0 fully saturated rings. The summed E-state index contributed by atoms with van der Waals surface area (Å²) in [6, 6.07) is 12.0. The number of halogens is 1. The predicted molar refractivity (Wildman–Crippen MR) is 118 cm³/mol. The maximum Gasteiger partial charge on any atom is 0.238 e. The lowest BCUT2D eigenvalue weighted by molar-refractivity contribution is -0.115. The van der Waals surface area contributed by atoms with Crippen LogP contribution in [-0.4, -0.2) is 31.4 Å². The van der Waals surface area contributed by atoms with Gasteiger partial charge in [0.05, 0.1) is 30.0 Å². The van der Waals surface area contributed by atoms with Crippen molar-refractivity contribution in [1.82, 2.24) is 9.97 Å². The van der Waals surface area contributed by atoms with Gasteiger partial charge in [0, 0.05) is 17.4 Å². The summed E-state index contributed by atoms with van der Waals surface area (Å²) in [5.41, 5.74) is 1.06. The van der Waals surface area contributed by atoms with Crippen LogP contribution < -0.4 is 25.8 Å². The van der Waals surface area contributed by atoms with Crippen molar-refractivity contribution in [3.8, 4) is 11.8 Å². The van der Waals surface area contributed by atoms with Crippen LogP contribution in [0.4, 0.5) is 33.2 Å². The van der Waals surface area contributed by atoms with E-state index >= 15 is 0 Å². The lowest BCUT2D eigenvalue weighted by Gasteiger charge is -2.13. The number of nitriles is 1. The van der Waals surface area contributed by atoms with Gasteiger partial charge in [-0.3, -0.25) is 4.79 Å². The summed E-state index contributed by atoms with van der Waals surface area (Å²) in [7, 11) is -2.51. The number of anilines is 5. The Morgan fingerprint density at radius 3 is 2.67 bits per heavy atom. The molecule has 170 valence electrons. The lowest BCUT2D eigenvalue weighted by Crippen LogP contribution is -2.12. The minimum Gasteiger partial charge on any atom is -0.494 e. The summed E-state index contributed by atoms with van der Waals surface area (Å²) < 4.78 is 42.6. The maximum absolute atomic E-state index is 14.3. The zero-order chi connectivity index (χ0) is 24.0. The molecule has 5 N–H and O–H groups in total. The van der Waals surface area contributed by atoms with Gasteiger partial charge in [0.25, 0.3) is 0 Å². The van der Waals surface area contributed by atoms with Crippen LogP contribution >= 0.6 is 0 Å². The number of benzene rings is 2. The third kappa shape index (κ3) is 6.12. The minimum absolute atomic E-state index is 0.00202. The van der Waals surface area contributed by atoms with Gasteiger partial charge in [-0.1, -0.05) is 6.07 Å². The zero-order valence-electron chi connectivity index (χ0n) is 17.2. The van der Waals surface area contributed by atoms with E-state index in [1.807, 2.05) is 0 Å². The molecular formula is C20H18FN7O4S. The maximum atomic E-state index is 14.3. The average Bonchev–Trinajstić information content (AvgIpc) is 2.77. The Balaban J connectivity index is 1.82.